The lowest BCUT2D eigenvalue weighted by Gasteiger charge is -2.33. The number of hydrogen-bond acceptors (Lipinski definition) is 2. The van der Waals surface area contributed by atoms with Crippen LogP contribution in [0.4, 0.5) is 0 Å². The molecule has 36 heavy (non-hydrogen) atoms. The minimum absolute atomic E-state index is 0.643. The zero-order valence-corrected chi connectivity index (χ0v) is 25.4. The Bertz CT molecular complexity index is 460. The maximum atomic E-state index is 2.68. The molecule has 0 bridgehead atoms. The molecular weight excluding hydrogens is 436 g/mol. The summed E-state index contributed by atoms with van der Waals surface area (Å²) in [5.74, 6) is 0. The van der Waals surface area contributed by atoms with Crippen LogP contribution < -0.4 is 0 Å². The summed E-state index contributed by atoms with van der Waals surface area (Å²) in [6.45, 7) is 9.45. The van der Waals surface area contributed by atoms with Gasteiger partial charge >= 0.3 is 0 Å². The van der Waals surface area contributed by atoms with Crippen LogP contribution in [0.2, 0.25) is 0 Å². The average molecular weight is 505 g/mol. The van der Waals surface area contributed by atoms with Gasteiger partial charge in [-0.25, -0.2) is 0 Å². The predicted octanol–water partition coefficient (Wildman–Crippen LogP) is 11.6. The van der Waals surface area contributed by atoms with Gasteiger partial charge in [-0.2, -0.15) is 0 Å². The SMILES string of the molecule is CCCCCCCCCCCCCCCCCCC1N(CCCCC)C=CN1CCCCCCCC. The normalized spacial score (nSPS) is 15.5. The van der Waals surface area contributed by atoms with E-state index in [1.807, 2.05) is 0 Å². The molecule has 0 fully saturated rings. The van der Waals surface area contributed by atoms with E-state index in [9.17, 15) is 0 Å². The monoisotopic (exact) mass is 505 g/mol. The number of unbranched alkanes of at least 4 members (excludes halogenated alkanes) is 22. The van der Waals surface area contributed by atoms with Crippen LogP contribution in [0.25, 0.3) is 0 Å². The third kappa shape index (κ3) is 18.6. The highest BCUT2D eigenvalue weighted by atomic mass is 15.4. The van der Waals surface area contributed by atoms with Crippen LogP contribution in [0.5, 0.6) is 0 Å². The molecule has 1 aliphatic rings. The second-order valence-corrected chi connectivity index (χ2v) is 11.8. The lowest BCUT2D eigenvalue weighted by molar-refractivity contribution is 0.135. The summed E-state index contributed by atoms with van der Waals surface area (Å²) < 4.78 is 0. The molecule has 214 valence electrons. The average Bonchev–Trinajstić information content (AvgIpc) is 3.27. The summed E-state index contributed by atoms with van der Waals surface area (Å²) >= 11 is 0. The highest BCUT2D eigenvalue weighted by Crippen LogP contribution is 2.24. The van der Waals surface area contributed by atoms with Crippen LogP contribution in [0.1, 0.15) is 188 Å². The van der Waals surface area contributed by atoms with Crippen molar-refractivity contribution in [3.05, 3.63) is 12.4 Å². The van der Waals surface area contributed by atoms with E-state index in [4.69, 9.17) is 0 Å². The highest BCUT2D eigenvalue weighted by Gasteiger charge is 2.24. The molecule has 1 atom stereocenters. The van der Waals surface area contributed by atoms with Gasteiger partial charge in [0.2, 0.25) is 0 Å². The standard InChI is InChI=1S/C34H68N2/c1-4-7-10-12-14-15-16-17-18-19-20-21-22-23-24-26-29-34-35(30-27-9-6-3)32-33-36(34)31-28-25-13-11-8-5-2/h32-34H,4-31H2,1-3H3. The van der Waals surface area contributed by atoms with Gasteiger partial charge in [0.25, 0.3) is 0 Å². The summed E-state index contributed by atoms with van der Waals surface area (Å²) in [6, 6.07) is 0. The van der Waals surface area contributed by atoms with E-state index in [0.717, 1.165) is 0 Å². The second kappa shape index (κ2) is 26.0. The molecule has 1 aliphatic heterocycles. The van der Waals surface area contributed by atoms with Crippen LogP contribution >= 0.6 is 0 Å². The van der Waals surface area contributed by atoms with Crippen LogP contribution in [-0.2, 0) is 0 Å². The maximum absolute atomic E-state index is 2.68. The summed E-state index contributed by atoms with van der Waals surface area (Å²) in [4.78, 5) is 5.34. The van der Waals surface area contributed by atoms with E-state index >= 15 is 0 Å². The van der Waals surface area contributed by atoms with Gasteiger partial charge in [-0.3, -0.25) is 0 Å². The molecule has 0 saturated carbocycles. The molecule has 0 amide bonds. The summed E-state index contributed by atoms with van der Waals surface area (Å²) in [6.07, 6.45) is 42.5. The van der Waals surface area contributed by atoms with Gasteiger partial charge in [-0.15, -0.1) is 0 Å². The van der Waals surface area contributed by atoms with E-state index in [1.165, 1.54) is 180 Å². The molecule has 2 nitrogen and oxygen atoms in total. The summed E-state index contributed by atoms with van der Waals surface area (Å²) in [5, 5.41) is 0. The Morgan fingerprint density at radius 1 is 0.361 bits per heavy atom. The Labute approximate surface area is 229 Å². The highest BCUT2D eigenvalue weighted by molar-refractivity contribution is 4.97. The van der Waals surface area contributed by atoms with Gasteiger partial charge in [0.05, 0.1) is 0 Å². The molecule has 0 aromatic rings. The molecule has 1 unspecified atom stereocenters. The molecular formula is C34H68N2. The fraction of sp³-hybridized carbons (Fsp3) is 0.941. The quantitative estimate of drug-likeness (QED) is 0.0977. The van der Waals surface area contributed by atoms with Crippen LogP contribution in [0, 0.1) is 0 Å². The van der Waals surface area contributed by atoms with Gasteiger partial charge in [-0.1, -0.05) is 162 Å². The fourth-order valence-corrected chi connectivity index (χ4v) is 5.83. The summed E-state index contributed by atoms with van der Waals surface area (Å²) in [7, 11) is 0. The van der Waals surface area contributed by atoms with E-state index in [0.29, 0.717) is 6.17 Å². The van der Waals surface area contributed by atoms with Gasteiger partial charge in [-0.05, 0) is 25.7 Å². The van der Waals surface area contributed by atoms with Crippen molar-refractivity contribution in [2.24, 2.45) is 0 Å². The third-order valence-corrected chi connectivity index (χ3v) is 8.32. The Hall–Kier alpha value is -0.660. The van der Waals surface area contributed by atoms with Crippen molar-refractivity contribution in [2.75, 3.05) is 13.1 Å². The van der Waals surface area contributed by atoms with Gasteiger partial charge in [0.15, 0.2) is 0 Å². The van der Waals surface area contributed by atoms with E-state index in [2.05, 4.69) is 43.0 Å². The predicted molar refractivity (Wildman–Crippen MR) is 163 cm³/mol. The Morgan fingerprint density at radius 3 is 1.03 bits per heavy atom. The topological polar surface area (TPSA) is 6.48 Å². The van der Waals surface area contributed by atoms with Crippen molar-refractivity contribution in [3.8, 4) is 0 Å². The second-order valence-electron chi connectivity index (χ2n) is 11.8. The van der Waals surface area contributed by atoms with Gasteiger partial charge in [0.1, 0.15) is 6.17 Å². The van der Waals surface area contributed by atoms with Gasteiger partial charge in [0, 0.05) is 25.5 Å². The smallest absolute Gasteiger partial charge is 0.101 e. The lowest BCUT2D eigenvalue weighted by atomic mass is 10.0. The molecule has 0 aliphatic carbocycles. The minimum atomic E-state index is 0.643. The van der Waals surface area contributed by atoms with Crippen LogP contribution in [-0.4, -0.2) is 29.1 Å². The van der Waals surface area contributed by atoms with E-state index in [1.54, 1.807) is 0 Å². The first kappa shape index (κ1) is 33.4. The summed E-state index contributed by atoms with van der Waals surface area (Å²) in [5.41, 5.74) is 0. The minimum Gasteiger partial charge on any atom is -0.356 e. The van der Waals surface area contributed by atoms with Crippen LogP contribution in [0.3, 0.4) is 0 Å². The van der Waals surface area contributed by atoms with Crippen molar-refractivity contribution < 1.29 is 0 Å². The Morgan fingerprint density at radius 2 is 0.639 bits per heavy atom. The number of hydrogen-bond donors (Lipinski definition) is 0. The molecule has 1 heterocycles. The molecule has 0 N–H and O–H groups in total. The number of nitrogens with zero attached hydrogens (tertiary/aromatic N) is 2. The molecule has 0 aromatic carbocycles. The van der Waals surface area contributed by atoms with Crippen LogP contribution in [0.15, 0.2) is 12.4 Å². The van der Waals surface area contributed by atoms with Crippen molar-refractivity contribution in [3.63, 3.8) is 0 Å². The van der Waals surface area contributed by atoms with Crippen molar-refractivity contribution in [2.45, 2.75) is 194 Å². The lowest BCUT2D eigenvalue weighted by Crippen LogP contribution is -2.39. The molecule has 0 radical (unpaired) electrons. The largest absolute Gasteiger partial charge is 0.356 e. The van der Waals surface area contributed by atoms with Gasteiger partial charge < -0.3 is 9.80 Å². The molecule has 0 saturated heterocycles. The fourth-order valence-electron chi connectivity index (χ4n) is 5.83. The van der Waals surface area contributed by atoms with Crippen molar-refractivity contribution in [1.82, 2.24) is 9.80 Å². The van der Waals surface area contributed by atoms with E-state index in [-0.39, 0.29) is 0 Å². The first-order valence-electron chi connectivity index (χ1n) is 17.0. The van der Waals surface area contributed by atoms with E-state index < -0.39 is 0 Å². The zero-order valence-electron chi connectivity index (χ0n) is 25.4. The molecule has 2 heteroatoms. The zero-order chi connectivity index (χ0) is 25.9. The van der Waals surface area contributed by atoms with Crippen molar-refractivity contribution in [1.29, 1.82) is 0 Å². The third-order valence-electron chi connectivity index (χ3n) is 8.32. The Balaban J connectivity index is 2.06. The van der Waals surface area contributed by atoms with Crippen molar-refractivity contribution >= 4 is 0 Å². The maximum Gasteiger partial charge on any atom is 0.101 e. The first-order valence-corrected chi connectivity index (χ1v) is 17.0. The Kier molecular flexibility index (Phi) is 24.1. The molecule has 1 rings (SSSR count). The molecule has 0 spiro atoms. The number of rotatable bonds is 28. The molecule has 0 aromatic heterocycles. The first-order chi connectivity index (χ1) is 17.8.